The van der Waals surface area contributed by atoms with E-state index < -0.39 is 0 Å². The summed E-state index contributed by atoms with van der Waals surface area (Å²) >= 11 is 1.60. The first-order valence-electron chi connectivity index (χ1n) is 11.9. The van der Waals surface area contributed by atoms with Gasteiger partial charge in [-0.05, 0) is 50.7 Å². The number of aromatic nitrogens is 1. The Kier molecular flexibility index (Phi) is 7.81. The third-order valence-corrected chi connectivity index (χ3v) is 7.31. The minimum atomic E-state index is -0.0163. The van der Waals surface area contributed by atoms with Gasteiger partial charge in [0.1, 0.15) is 12.4 Å². The van der Waals surface area contributed by atoms with Crippen molar-refractivity contribution in [2.75, 3.05) is 26.2 Å². The molecule has 33 heavy (non-hydrogen) atoms. The number of likely N-dealkylation sites (tertiary alicyclic amines) is 2. The highest BCUT2D eigenvalue weighted by Gasteiger charge is 2.31. The second kappa shape index (κ2) is 11.0. The molecular formula is C26H33N3O3S. The first kappa shape index (κ1) is 23.5. The maximum absolute atomic E-state index is 12.9. The molecule has 0 spiro atoms. The molecule has 2 saturated heterocycles. The zero-order valence-electron chi connectivity index (χ0n) is 19.5. The Bertz CT molecular complexity index is 994. The second-order valence-corrected chi connectivity index (χ2v) is 10.2. The van der Waals surface area contributed by atoms with Crippen LogP contribution in [0.4, 0.5) is 0 Å². The van der Waals surface area contributed by atoms with Gasteiger partial charge in [0.2, 0.25) is 11.8 Å². The van der Waals surface area contributed by atoms with Gasteiger partial charge in [-0.25, -0.2) is 4.98 Å². The van der Waals surface area contributed by atoms with E-state index in [1.54, 1.807) is 17.4 Å². The molecule has 0 bridgehead atoms. The highest BCUT2D eigenvalue weighted by molar-refractivity contribution is 7.09. The standard InChI is InChI=1S/C26H33N3O3S/c1-19-6-5-13-29(16-19)26(31)22-11-14-28(15-12-22)25(30)10-9-21-7-3-4-8-24(21)32-17-23-18-33-20(2)27-23/h3-4,7-10,18-19,22H,5-6,11-17H2,1-2H3/b10-9+. The quantitative estimate of drug-likeness (QED) is 0.585. The lowest BCUT2D eigenvalue weighted by Gasteiger charge is -2.37. The lowest BCUT2D eigenvalue weighted by Crippen LogP contribution is -2.46. The van der Waals surface area contributed by atoms with Gasteiger partial charge >= 0.3 is 0 Å². The molecule has 6 nitrogen and oxygen atoms in total. The van der Waals surface area contributed by atoms with Crippen LogP contribution >= 0.6 is 11.3 Å². The van der Waals surface area contributed by atoms with E-state index in [4.69, 9.17) is 4.74 Å². The summed E-state index contributed by atoms with van der Waals surface area (Å²) in [5, 5.41) is 3.01. The molecule has 2 aliphatic heterocycles. The van der Waals surface area contributed by atoms with Gasteiger partial charge in [-0.3, -0.25) is 9.59 Å². The molecule has 1 aromatic heterocycles. The summed E-state index contributed by atoms with van der Waals surface area (Å²) < 4.78 is 5.95. The highest BCUT2D eigenvalue weighted by atomic mass is 32.1. The predicted octanol–water partition coefficient (Wildman–Crippen LogP) is 4.54. The predicted molar refractivity (Wildman–Crippen MR) is 131 cm³/mol. The first-order valence-corrected chi connectivity index (χ1v) is 12.8. The second-order valence-electron chi connectivity index (χ2n) is 9.15. The third kappa shape index (κ3) is 6.22. The average Bonchev–Trinajstić information content (AvgIpc) is 3.26. The smallest absolute Gasteiger partial charge is 0.246 e. The van der Waals surface area contributed by atoms with Crippen LogP contribution in [0.5, 0.6) is 5.75 Å². The molecular weight excluding hydrogens is 434 g/mol. The fraction of sp³-hybridized carbons (Fsp3) is 0.500. The largest absolute Gasteiger partial charge is 0.487 e. The molecule has 2 fully saturated rings. The molecule has 2 aliphatic rings. The molecule has 0 N–H and O–H groups in total. The SMILES string of the molecule is Cc1nc(COc2ccccc2/C=C/C(=O)N2CCC(C(=O)N3CCCC(C)C3)CC2)cs1. The van der Waals surface area contributed by atoms with Gasteiger partial charge in [0.25, 0.3) is 0 Å². The number of hydrogen-bond acceptors (Lipinski definition) is 5. The van der Waals surface area contributed by atoms with Gasteiger partial charge in [-0.15, -0.1) is 11.3 Å². The molecule has 176 valence electrons. The van der Waals surface area contributed by atoms with E-state index in [1.807, 2.05) is 52.4 Å². The Balaban J connectivity index is 1.29. The number of carbonyl (C=O) groups is 2. The van der Waals surface area contributed by atoms with Crippen molar-refractivity contribution in [3.8, 4) is 5.75 Å². The number of amides is 2. The highest BCUT2D eigenvalue weighted by Crippen LogP contribution is 2.25. The molecule has 0 radical (unpaired) electrons. The van der Waals surface area contributed by atoms with Gasteiger partial charge in [-0.1, -0.05) is 25.1 Å². The first-order chi connectivity index (χ1) is 16.0. The summed E-state index contributed by atoms with van der Waals surface area (Å²) in [6, 6.07) is 7.70. The van der Waals surface area contributed by atoms with Crippen LogP contribution in [0, 0.1) is 18.8 Å². The lowest BCUT2D eigenvalue weighted by molar-refractivity contribution is -0.140. The molecule has 1 aromatic carbocycles. The number of para-hydroxylation sites is 1. The van der Waals surface area contributed by atoms with E-state index in [2.05, 4.69) is 11.9 Å². The summed E-state index contributed by atoms with van der Waals surface area (Å²) in [7, 11) is 0. The van der Waals surface area contributed by atoms with Crippen molar-refractivity contribution >= 4 is 29.2 Å². The van der Waals surface area contributed by atoms with Crippen LogP contribution in [0.3, 0.4) is 0 Å². The maximum atomic E-state index is 12.9. The number of carbonyl (C=O) groups excluding carboxylic acids is 2. The maximum Gasteiger partial charge on any atom is 0.246 e. The van der Waals surface area contributed by atoms with E-state index in [9.17, 15) is 9.59 Å². The van der Waals surface area contributed by atoms with Crippen LogP contribution in [0.1, 0.15) is 48.9 Å². The van der Waals surface area contributed by atoms with Crippen LogP contribution in [0.25, 0.3) is 6.08 Å². The van der Waals surface area contributed by atoms with Crippen LogP contribution < -0.4 is 4.74 Å². The number of ether oxygens (including phenoxy) is 1. The molecule has 1 atom stereocenters. The van der Waals surface area contributed by atoms with Crippen molar-refractivity contribution in [3.05, 3.63) is 52.0 Å². The van der Waals surface area contributed by atoms with Gasteiger partial charge in [0.15, 0.2) is 0 Å². The minimum Gasteiger partial charge on any atom is -0.487 e. The Morgan fingerprint density at radius 1 is 1.15 bits per heavy atom. The number of piperidine rings is 2. The molecule has 0 aliphatic carbocycles. The summed E-state index contributed by atoms with van der Waals surface area (Å²) in [5.74, 6) is 1.63. The van der Waals surface area contributed by atoms with Crippen molar-refractivity contribution in [1.82, 2.24) is 14.8 Å². The Morgan fingerprint density at radius 2 is 1.94 bits per heavy atom. The number of hydrogen-bond donors (Lipinski definition) is 0. The topological polar surface area (TPSA) is 62.7 Å². The third-order valence-electron chi connectivity index (χ3n) is 6.49. The molecule has 4 rings (SSSR count). The number of thiazole rings is 1. The Morgan fingerprint density at radius 3 is 2.67 bits per heavy atom. The summed E-state index contributed by atoms with van der Waals surface area (Å²) in [6.45, 7) is 7.62. The van der Waals surface area contributed by atoms with Crippen molar-refractivity contribution in [3.63, 3.8) is 0 Å². The summed E-state index contributed by atoms with van der Waals surface area (Å²) in [4.78, 5) is 34.0. The van der Waals surface area contributed by atoms with Crippen molar-refractivity contribution < 1.29 is 14.3 Å². The van der Waals surface area contributed by atoms with Crippen LogP contribution in [0.2, 0.25) is 0 Å². The van der Waals surface area contributed by atoms with Gasteiger partial charge in [-0.2, -0.15) is 0 Å². The molecule has 2 aromatic rings. The summed E-state index contributed by atoms with van der Waals surface area (Å²) in [6.07, 6.45) is 7.23. The van der Waals surface area contributed by atoms with Gasteiger partial charge in [0, 0.05) is 49.1 Å². The van der Waals surface area contributed by atoms with Gasteiger partial charge in [0.05, 0.1) is 10.7 Å². The molecule has 0 saturated carbocycles. The van der Waals surface area contributed by atoms with Crippen LogP contribution in [-0.4, -0.2) is 52.8 Å². The number of rotatable bonds is 6. The molecule has 3 heterocycles. The van der Waals surface area contributed by atoms with Crippen molar-refractivity contribution in [1.29, 1.82) is 0 Å². The van der Waals surface area contributed by atoms with Crippen molar-refractivity contribution in [2.45, 2.75) is 46.1 Å². The fourth-order valence-electron chi connectivity index (χ4n) is 4.64. The average molecular weight is 468 g/mol. The van der Waals surface area contributed by atoms with Crippen LogP contribution in [-0.2, 0) is 16.2 Å². The van der Waals surface area contributed by atoms with Gasteiger partial charge < -0.3 is 14.5 Å². The molecule has 7 heteroatoms. The van der Waals surface area contributed by atoms with E-state index in [0.717, 1.165) is 54.4 Å². The zero-order valence-corrected chi connectivity index (χ0v) is 20.4. The monoisotopic (exact) mass is 467 g/mol. The normalized spacial score (nSPS) is 19.8. The van der Waals surface area contributed by atoms with Crippen LogP contribution in [0.15, 0.2) is 35.7 Å². The Hall–Kier alpha value is -2.67. The van der Waals surface area contributed by atoms with E-state index in [0.29, 0.717) is 25.6 Å². The van der Waals surface area contributed by atoms with E-state index in [-0.39, 0.29) is 17.7 Å². The van der Waals surface area contributed by atoms with E-state index in [1.165, 1.54) is 6.42 Å². The zero-order chi connectivity index (χ0) is 23.2. The Labute approximate surface area is 200 Å². The van der Waals surface area contributed by atoms with E-state index >= 15 is 0 Å². The minimum absolute atomic E-state index is 0.0163. The molecule has 1 unspecified atom stereocenters. The summed E-state index contributed by atoms with van der Waals surface area (Å²) in [5.41, 5.74) is 1.77. The number of nitrogens with zero attached hydrogens (tertiary/aromatic N) is 3. The number of aryl methyl sites for hydroxylation is 1. The van der Waals surface area contributed by atoms with Crippen molar-refractivity contribution in [2.24, 2.45) is 11.8 Å². The molecule has 2 amide bonds. The fourth-order valence-corrected chi connectivity index (χ4v) is 5.23. The number of benzene rings is 1. The lowest BCUT2D eigenvalue weighted by atomic mass is 9.92.